The lowest BCUT2D eigenvalue weighted by molar-refractivity contribution is -0.313. The SMILES string of the molecule is CCc1ccc([C@@H](C(=O)[O-])[C@@H](C)C(F)(F)F)c(C(C)(C)C)c1. The van der Waals surface area contributed by atoms with E-state index >= 15 is 0 Å². The van der Waals surface area contributed by atoms with Crippen LogP contribution in [0.2, 0.25) is 0 Å². The molecule has 22 heavy (non-hydrogen) atoms. The monoisotopic (exact) mass is 315 g/mol. The maximum absolute atomic E-state index is 13.0. The fourth-order valence-corrected chi connectivity index (χ4v) is 2.53. The average molecular weight is 315 g/mol. The molecule has 1 aromatic rings. The lowest BCUT2D eigenvalue weighted by Gasteiger charge is -2.32. The van der Waals surface area contributed by atoms with Gasteiger partial charge in [-0.15, -0.1) is 0 Å². The van der Waals surface area contributed by atoms with Crippen LogP contribution in [0.4, 0.5) is 13.2 Å². The molecule has 0 radical (unpaired) electrons. The largest absolute Gasteiger partial charge is 0.549 e. The zero-order valence-corrected chi connectivity index (χ0v) is 13.5. The van der Waals surface area contributed by atoms with Crippen molar-refractivity contribution in [2.24, 2.45) is 5.92 Å². The summed E-state index contributed by atoms with van der Waals surface area (Å²) >= 11 is 0. The molecule has 0 unspecified atom stereocenters. The predicted octanol–water partition coefficient (Wildman–Crippen LogP) is 3.58. The van der Waals surface area contributed by atoms with Gasteiger partial charge < -0.3 is 9.90 Å². The second-order valence-corrected chi connectivity index (χ2v) is 6.65. The molecule has 0 bridgehead atoms. The fraction of sp³-hybridized carbons (Fsp3) is 0.588. The number of halogens is 3. The number of carbonyl (C=O) groups is 1. The molecule has 0 saturated carbocycles. The summed E-state index contributed by atoms with van der Waals surface area (Å²) in [4.78, 5) is 11.4. The van der Waals surface area contributed by atoms with Crippen molar-refractivity contribution in [3.05, 3.63) is 34.9 Å². The first-order valence-electron chi connectivity index (χ1n) is 7.30. The highest BCUT2D eigenvalue weighted by Crippen LogP contribution is 2.41. The van der Waals surface area contributed by atoms with E-state index in [2.05, 4.69) is 0 Å². The van der Waals surface area contributed by atoms with E-state index in [9.17, 15) is 23.1 Å². The molecule has 0 heterocycles. The molecule has 0 aliphatic carbocycles. The van der Waals surface area contributed by atoms with Crippen molar-refractivity contribution in [1.82, 2.24) is 0 Å². The van der Waals surface area contributed by atoms with Crippen LogP contribution in [0.1, 0.15) is 57.2 Å². The molecule has 0 aliphatic heterocycles. The highest BCUT2D eigenvalue weighted by molar-refractivity contribution is 5.75. The predicted molar refractivity (Wildman–Crippen MR) is 77.5 cm³/mol. The summed E-state index contributed by atoms with van der Waals surface area (Å²) in [5.41, 5.74) is 1.32. The number of aliphatic carboxylic acids is 1. The van der Waals surface area contributed by atoms with E-state index in [1.807, 2.05) is 27.7 Å². The lowest BCUT2D eigenvalue weighted by Crippen LogP contribution is -2.40. The molecule has 2 nitrogen and oxygen atoms in total. The summed E-state index contributed by atoms with van der Waals surface area (Å²) in [6.07, 6.45) is -3.86. The Hall–Kier alpha value is -1.52. The number of carboxylic acids is 1. The van der Waals surface area contributed by atoms with E-state index in [-0.39, 0.29) is 5.56 Å². The maximum atomic E-state index is 13.0. The first-order valence-corrected chi connectivity index (χ1v) is 7.30. The van der Waals surface area contributed by atoms with Crippen LogP contribution in [0.3, 0.4) is 0 Å². The standard InChI is InChI=1S/C17H23F3O2/c1-6-11-7-8-12(13(9-11)16(3,4)5)14(15(21)22)10(2)17(18,19)20/h7-10,14H,6H2,1-5H3,(H,21,22)/p-1/t10-,14+/m1/s1. The molecular weight excluding hydrogens is 293 g/mol. The number of carboxylic acid groups (broad SMARTS) is 1. The van der Waals surface area contributed by atoms with Gasteiger partial charge in [0.05, 0.1) is 5.92 Å². The van der Waals surface area contributed by atoms with Gasteiger partial charge in [0.2, 0.25) is 0 Å². The summed E-state index contributed by atoms with van der Waals surface area (Å²) in [7, 11) is 0. The number of carbonyl (C=O) groups excluding carboxylic acids is 1. The van der Waals surface area contributed by atoms with Crippen molar-refractivity contribution >= 4 is 5.97 Å². The average Bonchev–Trinajstić information content (AvgIpc) is 2.36. The molecule has 5 heteroatoms. The summed E-state index contributed by atoms with van der Waals surface area (Å²) in [6, 6.07) is 4.99. The van der Waals surface area contributed by atoms with E-state index in [0.29, 0.717) is 5.56 Å². The Morgan fingerprint density at radius 3 is 2.14 bits per heavy atom. The number of aryl methyl sites for hydroxylation is 1. The summed E-state index contributed by atoms with van der Waals surface area (Å²) in [5.74, 6) is -5.41. The Morgan fingerprint density at radius 2 is 1.77 bits per heavy atom. The third-order valence-electron chi connectivity index (χ3n) is 3.94. The van der Waals surface area contributed by atoms with E-state index in [1.54, 1.807) is 12.1 Å². The van der Waals surface area contributed by atoms with Crippen LogP contribution in [0.15, 0.2) is 18.2 Å². The van der Waals surface area contributed by atoms with Gasteiger partial charge in [-0.25, -0.2) is 0 Å². The van der Waals surface area contributed by atoms with Crippen molar-refractivity contribution in [2.45, 2.75) is 58.5 Å². The number of hydrogen-bond donors (Lipinski definition) is 0. The quantitative estimate of drug-likeness (QED) is 0.852. The van der Waals surface area contributed by atoms with Gasteiger partial charge >= 0.3 is 6.18 Å². The molecule has 0 amide bonds. The van der Waals surface area contributed by atoms with Gasteiger partial charge in [0, 0.05) is 11.9 Å². The second kappa shape index (κ2) is 6.31. The minimum atomic E-state index is -4.59. The van der Waals surface area contributed by atoms with Crippen molar-refractivity contribution < 1.29 is 23.1 Å². The molecule has 0 N–H and O–H groups in total. The van der Waals surface area contributed by atoms with Crippen LogP contribution in [0, 0.1) is 5.92 Å². The summed E-state index contributed by atoms with van der Waals surface area (Å²) < 4.78 is 39.1. The number of hydrogen-bond acceptors (Lipinski definition) is 2. The topological polar surface area (TPSA) is 40.1 Å². The van der Waals surface area contributed by atoms with Gasteiger partial charge in [0.25, 0.3) is 0 Å². The van der Waals surface area contributed by atoms with Crippen molar-refractivity contribution in [2.75, 3.05) is 0 Å². The van der Waals surface area contributed by atoms with Gasteiger partial charge in [0.15, 0.2) is 0 Å². The molecule has 0 aromatic heterocycles. The molecule has 0 saturated heterocycles. The van der Waals surface area contributed by atoms with Gasteiger partial charge in [0.1, 0.15) is 0 Å². The Labute approximate surface area is 129 Å². The number of rotatable bonds is 4. The van der Waals surface area contributed by atoms with Gasteiger partial charge in [-0.05, 0) is 28.5 Å². The highest BCUT2D eigenvalue weighted by atomic mass is 19.4. The minimum absolute atomic E-state index is 0.189. The minimum Gasteiger partial charge on any atom is -0.549 e. The molecule has 1 aromatic carbocycles. The van der Waals surface area contributed by atoms with Crippen molar-refractivity contribution in [3.63, 3.8) is 0 Å². The van der Waals surface area contributed by atoms with Crippen LogP contribution in [0.5, 0.6) is 0 Å². The van der Waals surface area contributed by atoms with Gasteiger partial charge in [-0.1, -0.05) is 52.8 Å². The van der Waals surface area contributed by atoms with Gasteiger partial charge in [-0.2, -0.15) is 13.2 Å². The Bertz CT molecular complexity index is 542. The molecule has 0 fully saturated rings. The smallest absolute Gasteiger partial charge is 0.392 e. The molecule has 124 valence electrons. The first-order chi connectivity index (χ1) is 9.89. The first kappa shape index (κ1) is 18.5. The number of alkyl halides is 3. The second-order valence-electron chi connectivity index (χ2n) is 6.65. The highest BCUT2D eigenvalue weighted by Gasteiger charge is 2.43. The molecular formula is C17H22F3O2-. The van der Waals surface area contributed by atoms with Crippen LogP contribution >= 0.6 is 0 Å². The van der Waals surface area contributed by atoms with E-state index in [1.165, 1.54) is 6.07 Å². The zero-order chi connectivity index (χ0) is 17.3. The van der Waals surface area contributed by atoms with E-state index < -0.39 is 29.4 Å². The fourth-order valence-electron chi connectivity index (χ4n) is 2.53. The Balaban J connectivity index is 3.53. The molecule has 2 atom stereocenters. The Kier molecular flexibility index (Phi) is 5.31. The summed E-state index contributed by atoms with van der Waals surface area (Å²) in [5, 5.41) is 11.4. The molecule has 0 aliphatic rings. The van der Waals surface area contributed by atoms with Crippen LogP contribution in [0.25, 0.3) is 0 Å². The van der Waals surface area contributed by atoms with E-state index in [4.69, 9.17) is 0 Å². The Morgan fingerprint density at radius 1 is 1.23 bits per heavy atom. The van der Waals surface area contributed by atoms with Crippen LogP contribution < -0.4 is 5.11 Å². The van der Waals surface area contributed by atoms with Crippen molar-refractivity contribution in [3.8, 4) is 0 Å². The maximum Gasteiger partial charge on any atom is 0.392 e. The van der Waals surface area contributed by atoms with Crippen molar-refractivity contribution in [1.29, 1.82) is 0 Å². The van der Waals surface area contributed by atoms with Crippen LogP contribution in [-0.4, -0.2) is 12.1 Å². The zero-order valence-electron chi connectivity index (χ0n) is 13.5. The third-order valence-corrected chi connectivity index (χ3v) is 3.94. The lowest BCUT2D eigenvalue weighted by atomic mass is 9.75. The molecule has 0 spiro atoms. The normalized spacial score (nSPS) is 15.5. The van der Waals surface area contributed by atoms with Crippen LogP contribution in [-0.2, 0) is 16.6 Å². The third kappa shape index (κ3) is 4.02. The summed E-state index contributed by atoms with van der Waals surface area (Å²) in [6.45, 7) is 8.40. The molecule has 1 rings (SSSR count). The van der Waals surface area contributed by atoms with E-state index in [0.717, 1.165) is 18.9 Å². The van der Waals surface area contributed by atoms with Gasteiger partial charge in [-0.3, -0.25) is 0 Å². The number of benzene rings is 1.